The van der Waals surface area contributed by atoms with Crippen molar-refractivity contribution in [1.29, 1.82) is 0 Å². The molecule has 0 radical (unpaired) electrons. The first-order valence-corrected chi connectivity index (χ1v) is 8.19. The van der Waals surface area contributed by atoms with E-state index in [1.165, 1.54) is 24.1 Å². The zero-order valence-electron chi connectivity index (χ0n) is 12.7. The molecule has 1 aromatic carbocycles. The molecule has 3 heteroatoms. The summed E-state index contributed by atoms with van der Waals surface area (Å²) in [5.41, 5.74) is 2.78. The molecule has 3 rings (SSSR count). The number of halogens is 1. The van der Waals surface area contributed by atoms with E-state index in [9.17, 15) is 0 Å². The average molecular weight is 293 g/mol. The number of hydrogen-bond acceptors (Lipinski definition) is 2. The lowest BCUT2D eigenvalue weighted by Crippen LogP contribution is -2.64. The number of para-hydroxylation sites is 1. The molecule has 2 atom stereocenters. The molecule has 1 saturated carbocycles. The van der Waals surface area contributed by atoms with Crippen LogP contribution < -0.4 is 10.2 Å². The number of nitrogens with one attached hydrogen (secondary N) is 1. The van der Waals surface area contributed by atoms with E-state index in [4.69, 9.17) is 11.6 Å². The van der Waals surface area contributed by atoms with E-state index in [-0.39, 0.29) is 5.54 Å². The van der Waals surface area contributed by atoms with Gasteiger partial charge in [-0.1, -0.05) is 30.7 Å². The van der Waals surface area contributed by atoms with Gasteiger partial charge < -0.3 is 10.2 Å². The molecule has 1 aliphatic carbocycles. The van der Waals surface area contributed by atoms with Crippen LogP contribution in [0.25, 0.3) is 0 Å². The van der Waals surface area contributed by atoms with Crippen molar-refractivity contribution >= 4 is 17.3 Å². The standard InChI is InChI=1S/C17H25ClN2/c1-4-14-10-19-17(3,13-8-9-13)11-20(14)16-12(2)6-5-7-15(16)18/h5-7,13-14,19H,4,8-11H2,1-3H3. The Hall–Kier alpha value is -0.730. The van der Waals surface area contributed by atoms with Crippen LogP contribution in [0.15, 0.2) is 18.2 Å². The largest absolute Gasteiger partial charge is 0.364 e. The molecule has 1 heterocycles. The van der Waals surface area contributed by atoms with Gasteiger partial charge in [0.1, 0.15) is 0 Å². The van der Waals surface area contributed by atoms with Gasteiger partial charge in [-0.3, -0.25) is 0 Å². The molecule has 2 unspecified atom stereocenters. The maximum Gasteiger partial charge on any atom is 0.0642 e. The van der Waals surface area contributed by atoms with Crippen molar-refractivity contribution in [2.45, 2.75) is 51.6 Å². The first-order chi connectivity index (χ1) is 9.55. The zero-order valence-corrected chi connectivity index (χ0v) is 13.5. The van der Waals surface area contributed by atoms with Crippen molar-refractivity contribution in [3.05, 3.63) is 28.8 Å². The number of anilines is 1. The Bertz CT molecular complexity index is 478. The second-order valence-corrected chi connectivity index (χ2v) is 7.08. The molecule has 2 nitrogen and oxygen atoms in total. The Labute approximate surface area is 127 Å². The van der Waals surface area contributed by atoms with Gasteiger partial charge >= 0.3 is 0 Å². The summed E-state index contributed by atoms with van der Waals surface area (Å²) in [6.07, 6.45) is 3.89. The van der Waals surface area contributed by atoms with Gasteiger partial charge in [-0.15, -0.1) is 0 Å². The van der Waals surface area contributed by atoms with E-state index >= 15 is 0 Å². The lowest BCUT2D eigenvalue weighted by molar-refractivity contribution is 0.252. The molecular formula is C17H25ClN2. The topological polar surface area (TPSA) is 15.3 Å². The van der Waals surface area contributed by atoms with E-state index in [0.29, 0.717) is 6.04 Å². The monoisotopic (exact) mass is 292 g/mol. The van der Waals surface area contributed by atoms with Crippen LogP contribution in [0.2, 0.25) is 5.02 Å². The molecule has 0 amide bonds. The summed E-state index contributed by atoms with van der Waals surface area (Å²) >= 11 is 6.51. The fourth-order valence-corrected chi connectivity index (χ4v) is 3.94. The highest BCUT2D eigenvalue weighted by Gasteiger charge is 2.46. The molecule has 2 fully saturated rings. The van der Waals surface area contributed by atoms with E-state index in [2.05, 4.69) is 37.1 Å². The highest BCUT2D eigenvalue weighted by Crippen LogP contribution is 2.43. The summed E-state index contributed by atoms with van der Waals surface area (Å²) < 4.78 is 0. The van der Waals surface area contributed by atoms with Crippen LogP contribution in [0.1, 0.15) is 38.7 Å². The van der Waals surface area contributed by atoms with E-state index in [0.717, 1.165) is 30.5 Å². The van der Waals surface area contributed by atoms with Gasteiger partial charge in [-0.2, -0.15) is 0 Å². The Morgan fingerprint density at radius 3 is 2.75 bits per heavy atom. The predicted molar refractivity (Wildman–Crippen MR) is 86.7 cm³/mol. The molecule has 1 saturated heterocycles. The number of hydrogen-bond donors (Lipinski definition) is 1. The van der Waals surface area contributed by atoms with Crippen LogP contribution in [-0.2, 0) is 0 Å². The molecule has 0 bridgehead atoms. The third-order valence-corrected chi connectivity index (χ3v) is 5.41. The van der Waals surface area contributed by atoms with Gasteiger partial charge in [-0.25, -0.2) is 0 Å². The molecular weight excluding hydrogens is 268 g/mol. The molecule has 1 N–H and O–H groups in total. The number of aryl methyl sites for hydroxylation is 1. The van der Waals surface area contributed by atoms with E-state index in [1.807, 2.05) is 12.1 Å². The van der Waals surface area contributed by atoms with Gasteiger partial charge in [0.25, 0.3) is 0 Å². The fraction of sp³-hybridized carbons (Fsp3) is 0.647. The van der Waals surface area contributed by atoms with Crippen molar-refractivity contribution in [2.24, 2.45) is 5.92 Å². The van der Waals surface area contributed by atoms with Crippen molar-refractivity contribution < 1.29 is 0 Å². The average Bonchev–Trinajstić information content (AvgIpc) is 3.23. The third kappa shape index (κ3) is 2.44. The molecule has 2 aliphatic rings. The second-order valence-electron chi connectivity index (χ2n) is 6.67. The van der Waals surface area contributed by atoms with Crippen LogP contribution in [0.3, 0.4) is 0 Å². The summed E-state index contributed by atoms with van der Waals surface area (Å²) in [7, 11) is 0. The number of benzene rings is 1. The molecule has 1 aliphatic heterocycles. The number of piperazine rings is 1. The second kappa shape index (κ2) is 5.23. The lowest BCUT2D eigenvalue weighted by atomic mass is 9.89. The summed E-state index contributed by atoms with van der Waals surface area (Å²) in [5, 5.41) is 4.70. The smallest absolute Gasteiger partial charge is 0.0642 e. The Morgan fingerprint density at radius 1 is 1.40 bits per heavy atom. The Kier molecular flexibility index (Phi) is 3.72. The Balaban J connectivity index is 1.95. The van der Waals surface area contributed by atoms with Gasteiger partial charge in [0, 0.05) is 24.7 Å². The summed E-state index contributed by atoms with van der Waals surface area (Å²) in [5.74, 6) is 0.839. The highest BCUT2D eigenvalue weighted by molar-refractivity contribution is 6.33. The van der Waals surface area contributed by atoms with Crippen LogP contribution in [0.4, 0.5) is 5.69 Å². The fourth-order valence-electron chi connectivity index (χ4n) is 3.61. The van der Waals surface area contributed by atoms with Crippen LogP contribution in [0.5, 0.6) is 0 Å². The molecule has 110 valence electrons. The third-order valence-electron chi connectivity index (χ3n) is 5.11. The van der Waals surface area contributed by atoms with Crippen LogP contribution in [-0.4, -0.2) is 24.7 Å². The summed E-state index contributed by atoms with van der Waals surface area (Å²) in [4.78, 5) is 2.56. The minimum atomic E-state index is 0.247. The zero-order chi connectivity index (χ0) is 14.3. The van der Waals surface area contributed by atoms with Crippen molar-refractivity contribution in [3.63, 3.8) is 0 Å². The van der Waals surface area contributed by atoms with Gasteiger partial charge in [0.2, 0.25) is 0 Å². The normalized spacial score (nSPS) is 30.6. The van der Waals surface area contributed by atoms with Gasteiger partial charge in [0.15, 0.2) is 0 Å². The number of rotatable bonds is 3. The molecule has 0 aromatic heterocycles. The highest BCUT2D eigenvalue weighted by atomic mass is 35.5. The maximum absolute atomic E-state index is 6.51. The van der Waals surface area contributed by atoms with Gasteiger partial charge in [-0.05, 0) is 50.7 Å². The quantitative estimate of drug-likeness (QED) is 0.906. The van der Waals surface area contributed by atoms with Gasteiger partial charge in [0.05, 0.1) is 10.7 Å². The molecule has 1 aromatic rings. The van der Waals surface area contributed by atoms with Crippen molar-refractivity contribution in [1.82, 2.24) is 5.32 Å². The molecule has 20 heavy (non-hydrogen) atoms. The summed E-state index contributed by atoms with van der Waals surface area (Å²) in [6, 6.07) is 6.78. The SMILES string of the molecule is CCC1CNC(C)(C2CC2)CN1c1c(C)cccc1Cl. The van der Waals surface area contributed by atoms with Crippen LogP contribution >= 0.6 is 11.6 Å². The van der Waals surface area contributed by atoms with Crippen molar-refractivity contribution in [3.8, 4) is 0 Å². The lowest BCUT2D eigenvalue weighted by Gasteiger charge is -2.48. The Morgan fingerprint density at radius 2 is 2.15 bits per heavy atom. The predicted octanol–water partition coefficient (Wildman–Crippen LogP) is 4.01. The maximum atomic E-state index is 6.51. The minimum absolute atomic E-state index is 0.247. The molecule has 0 spiro atoms. The van der Waals surface area contributed by atoms with Crippen LogP contribution in [0, 0.1) is 12.8 Å². The number of nitrogens with zero attached hydrogens (tertiary/aromatic N) is 1. The first-order valence-electron chi connectivity index (χ1n) is 7.82. The summed E-state index contributed by atoms with van der Waals surface area (Å²) in [6.45, 7) is 8.96. The van der Waals surface area contributed by atoms with E-state index < -0.39 is 0 Å². The van der Waals surface area contributed by atoms with E-state index in [1.54, 1.807) is 0 Å². The minimum Gasteiger partial charge on any atom is -0.364 e. The first kappa shape index (κ1) is 14.2. The van der Waals surface area contributed by atoms with Crippen molar-refractivity contribution in [2.75, 3.05) is 18.0 Å².